The Morgan fingerprint density at radius 2 is 1.95 bits per heavy atom. The first-order chi connectivity index (χ1) is 18.1. The molecule has 2 heterocycles. The molecule has 4 unspecified atom stereocenters. The van der Waals surface area contributed by atoms with Crippen molar-refractivity contribution in [3.05, 3.63) is 45.5 Å². The molecule has 5 atom stereocenters. The van der Waals surface area contributed by atoms with Gasteiger partial charge in [0.2, 0.25) is 0 Å². The zero-order valence-electron chi connectivity index (χ0n) is 23.2. The molecule has 2 rings (SSSR count). The predicted octanol–water partition coefficient (Wildman–Crippen LogP) is 5.00. The zero-order chi connectivity index (χ0) is 29.5. The van der Waals surface area contributed by atoms with Gasteiger partial charge in [0.25, 0.3) is 0 Å². The van der Waals surface area contributed by atoms with Crippen molar-refractivity contribution in [3.8, 4) is 0 Å². The highest BCUT2D eigenvalue weighted by Crippen LogP contribution is 2.33. The number of aliphatic hydroxyl groups excluding tert-OH is 2. The highest BCUT2D eigenvalue weighted by molar-refractivity contribution is 7.09. The number of nitrogens with zero attached hydrogens (tertiary/aromatic N) is 1. The number of alkyl halides is 3. The van der Waals surface area contributed by atoms with Gasteiger partial charge in [0.1, 0.15) is 16.9 Å². The van der Waals surface area contributed by atoms with Crippen molar-refractivity contribution in [1.29, 1.82) is 0 Å². The third-order valence-corrected chi connectivity index (χ3v) is 7.93. The number of Topliss-reactive ketones (excluding diaryl/α,β-unsaturated/α-hetero) is 1. The molecule has 0 radical (unpaired) electrons. The van der Waals surface area contributed by atoms with E-state index in [9.17, 15) is 33.0 Å². The second-order valence-electron chi connectivity index (χ2n) is 10.6. The van der Waals surface area contributed by atoms with Crippen LogP contribution in [0.1, 0.15) is 64.6 Å². The van der Waals surface area contributed by atoms with E-state index in [1.165, 1.54) is 44.3 Å². The predicted molar refractivity (Wildman–Crippen MR) is 145 cm³/mol. The van der Waals surface area contributed by atoms with Gasteiger partial charge in [0.15, 0.2) is 0 Å². The molecule has 0 saturated carbocycles. The third kappa shape index (κ3) is 9.09. The quantitative estimate of drug-likeness (QED) is 0.344. The normalized spacial score (nSPS) is 30.4. The number of allylic oxidation sites excluding steroid dienone is 2. The standard InChI is InChI=1S/C28H39F3N2O5S/c1-16-8-7-9-19(28(29,30)31)10-11-21(17(2)12-20-15-39-23(33-20)14-32-6)38-24(35)13-22(34)27(4,5)26(37)18(3)25(16)36/h7-8,10,12,15-16,18,21-22,25,32,34,36H,9,11,13-14H2,1-6H3/b8-7+,17-12+,19-10+/t16?,18?,21?,22-,25?/m0/s1. The average Bonchev–Trinajstić information content (AvgIpc) is 3.28. The van der Waals surface area contributed by atoms with Crippen LogP contribution in [0.4, 0.5) is 13.2 Å². The van der Waals surface area contributed by atoms with E-state index in [1.807, 2.05) is 0 Å². The minimum atomic E-state index is -4.62. The SMILES string of the molecule is CNCc1nc(/C=C(\C)C2C/C=C(/C(F)(F)F)C/C=C/C(C)C(O)C(C)C(=O)C(C)(C)[C@@H](O)CC(=O)O2)cs1. The van der Waals surface area contributed by atoms with Gasteiger partial charge in [0, 0.05) is 35.8 Å². The summed E-state index contributed by atoms with van der Waals surface area (Å²) in [5.74, 6) is -2.87. The lowest BCUT2D eigenvalue weighted by Gasteiger charge is -2.34. The number of esters is 1. The Kier molecular flexibility index (Phi) is 11.7. The summed E-state index contributed by atoms with van der Waals surface area (Å²) in [5, 5.41) is 27.1. The lowest BCUT2D eigenvalue weighted by Crippen LogP contribution is -2.45. The summed E-state index contributed by atoms with van der Waals surface area (Å²) in [7, 11) is 1.78. The van der Waals surface area contributed by atoms with E-state index in [1.54, 1.807) is 32.4 Å². The lowest BCUT2D eigenvalue weighted by atomic mass is 9.73. The Labute approximate surface area is 231 Å². The Morgan fingerprint density at radius 1 is 1.28 bits per heavy atom. The highest BCUT2D eigenvalue weighted by atomic mass is 32.1. The van der Waals surface area contributed by atoms with E-state index >= 15 is 0 Å². The van der Waals surface area contributed by atoms with E-state index in [-0.39, 0.29) is 6.42 Å². The molecule has 0 bridgehead atoms. The first-order valence-corrected chi connectivity index (χ1v) is 13.8. The smallest absolute Gasteiger partial charge is 0.412 e. The van der Waals surface area contributed by atoms with Gasteiger partial charge in [-0.25, -0.2) is 4.98 Å². The molecular weight excluding hydrogens is 533 g/mol. The fourth-order valence-corrected chi connectivity index (χ4v) is 5.11. The number of rotatable bonds is 4. The van der Waals surface area contributed by atoms with Crippen molar-refractivity contribution in [2.75, 3.05) is 7.05 Å². The second kappa shape index (κ2) is 13.8. The molecule has 0 aromatic carbocycles. The van der Waals surface area contributed by atoms with Gasteiger partial charge >= 0.3 is 12.1 Å². The molecule has 11 heteroatoms. The highest BCUT2D eigenvalue weighted by Gasteiger charge is 2.42. The number of hydrogen-bond acceptors (Lipinski definition) is 8. The summed E-state index contributed by atoms with van der Waals surface area (Å²) in [6.45, 7) is 8.29. The van der Waals surface area contributed by atoms with E-state index < -0.39 is 71.9 Å². The first kappa shape index (κ1) is 32.9. The van der Waals surface area contributed by atoms with Crippen molar-refractivity contribution in [2.45, 2.75) is 84.9 Å². The number of nitrogens with one attached hydrogen (secondary N) is 1. The van der Waals surface area contributed by atoms with Crippen LogP contribution < -0.4 is 5.32 Å². The monoisotopic (exact) mass is 572 g/mol. The number of cyclic esters (lactones) is 1. The van der Waals surface area contributed by atoms with Crippen molar-refractivity contribution in [1.82, 2.24) is 10.3 Å². The van der Waals surface area contributed by atoms with Crippen LogP contribution in [0.2, 0.25) is 0 Å². The van der Waals surface area contributed by atoms with Gasteiger partial charge in [-0.3, -0.25) is 9.59 Å². The maximum absolute atomic E-state index is 13.8. The summed E-state index contributed by atoms with van der Waals surface area (Å²) in [6.07, 6.45) is -4.09. The number of carbonyl (C=O) groups excluding carboxylic acids is 2. The van der Waals surface area contributed by atoms with E-state index in [4.69, 9.17) is 4.74 Å². The van der Waals surface area contributed by atoms with Crippen LogP contribution >= 0.6 is 11.3 Å². The van der Waals surface area contributed by atoms with Gasteiger partial charge in [0.05, 0.1) is 29.7 Å². The maximum atomic E-state index is 13.8. The molecule has 0 aliphatic carbocycles. The van der Waals surface area contributed by atoms with E-state index in [0.29, 0.717) is 17.8 Å². The molecule has 0 fully saturated rings. The molecule has 218 valence electrons. The summed E-state index contributed by atoms with van der Waals surface area (Å²) in [5.41, 5.74) is -1.14. The average molecular weight is 573 g/mol. The largest absolute Gasteiger partial charge is 0.457 e. The number of hydrogen-bond donors (Lipinski definition) is 3. The second-order valence-corrected chi connectivity index (χ2v) is 11.5. The van der Waals surface area contributed by atoms with E-state index in [2.05, 4.69) is 10.3 Å². The zero-order valence-corrected chi connectivity index (χ0v) is 24.0. The molecular formula is C28H39F3N2O5S. The summed E-state index contributed by atoms with van der Waals surface area (Å²) < 4.78 is 47.0. The number of ketones is 1. The Hall–Kier alpha value is -2.34. The van der Waals surface area contributed by atoms with Crippen LogP contribution in [0.25, 0.3) is 6.08 Å². The Bertz CT molecular complexity index is 1090. The topological polar surface area (TPSA) is 109 Å². The molecule has 7 nitrogen and oxygen atoms in total. The van der Waals surface area contributed by atoms with Crippen molar-refractivity contribution < 1.29 is 37.7 Å². The van der Waals surface area contributed by atoms with Crippen molar-refractivity contribution in [2.24, 2.45) is 17.3 Å². The Morgan fingerprint density at radius 3 is 2.56 bits per heavy atom. The van der Waals surface area contributed by atoms with Crippen molar-refractivity contribution >= 4 is 29.2 Å². The summed E-state index contributed by atoms with van der Waals surface area (Å²) >= 11 is 1.42. The van der Waals surface area contributed by atoms with Gasteiger partial charge < -0.3 is 20.3 Å². The number of ether oxygens (including phenoxy) is 1. The minimum Gasteiger partial charge on any atom is -0.457 e. The van der Waals surface area contributed by atoms with Crippen LogP contribution in [0.3, 0.4) is 0 Å². The lowest BCUT2D eigenvalue weighted by molar-refractivity contribution is -0.154. The Balaban J connectivity index is 2.49. The first-order valence-electron chi connectivity index (χ1n) is 12.9. The number of carbonyl (C=O) groups is 2. The molecule has 1 aliphatic heterocycles. The molecule has 39 heavy (non-hydrogen) atoms. The van der Waals surface area contributed by atoms with Gasteiger partial charge in [-0.2, -0.15) is 13.2 Å². The van der Waals surface area contributed by atoms with Gasteiger partial charge in [-0.1, -0.05) is 45.9 Å². The minimum absolute atomic E-state index is 0.252. The number of aromatic nitrogens is 1. The molecule has 1 aromatic rings. The molecule has 1 aromatic heterocycles. The number of halogens is 3. The van der Waals surface area contributed by atoms with Crippen LogP contribution in [0.15, 0.2) is 34.8 Å². The molecule has 1 aliphatic rings. The fourth-order valence-electron chi connectivity index (χ4n) is 4.35. The van der Waals surface area contributed by atoms with E-state index in [0.717, 1.165) is 11.1 Å². The molecule has 3 N–H and O–H groups in total. The summed E-state index contributed by atoms with van der Waals surface area (Å²) in [4.78, 5) is 30.5. The maximum Gasteiger partial charge on any atom is 0.412 e. The van der Waals surface area contributed by atoms with Crippen LogP contribution in [0, 0.1) is 17.3 Å². The third-order valence-electron chi connectivity index (χ3n) is 7.07. The van der Waals surface area contributed by atoms with Gasteiger partial charge in [-0.15, -0.1) is 11.3 Å². The van der Waals surface area contributed by atoms with Crippen LogP contribution in [-0.2, 0) is 20.9 Å². The van der Waals surface area contributed by atoms with Crippen LogP contribution in [0.5, 0.6) is 0 Å². The summed E-state index contributed by atoms with van der Waals surface area (Å²) in [6, 6.07) is 0. The number of aliphatic hydroxyl groups is 2. The van der Waals surface area contributed by atoms with Crippen LogP contribution in [-0.4, -0.2) is 58.5 Å². The number of thiazole rings is 1. The molecule has 0 amide bonds. The molecule has 0 spiro atoms. The van der Waals surface area contributed by atoms with Gasteiger partial charge in [-0.05, 0) is 32.0 Å². The van der Waals surface area contributed by atoms with Crippen molar-refractivity contribution in [3.63, 3.8) is 0 Å². The fraction of sp³-hybridized carbons (Fsp3) is 0.607. The molecule has 0 saturated heterocycles.